The smallest absolute Gasteiger partial charge is 0.131 e. The minimum atomic E-state index is -0.488. The van der Waals surface area contributed by atoms with Crippen molar-refractivity contribution < 1.29 is 5.11 Å². The summed E-state index contributed by atoms with van der Waals surface area (Å²) in [5.41, 5.74) is 1.72. The Kier molecular flexibility index (Phi) is 2.84. The molecule has 0 atom stereocenters. The van der Waals surface area contributed by atoms with Gasteiger partial charge in [-0.15, -0.1) is 0 Å². The molecule has 0 aliphatic carbocycles. The molecule has 0 saturated heterocycles. The summed E-state index contributed by atoms with van der Waals surface area (Å²) in [7, 11) is 0. The van der Waals surface area contributed by atoms with Crippen LogP contribution in [0, 0.1) is 3.57 Å². The lowest BCUT2D eigenvalue weighted by Gasteiger charge is -2.11. The van der Waals surface area contributed by atoms with Gasteiger partial charge in [-0.1, -0.05) is 50.0 Å². The SMILES string of the molecule is Oc1cc2nc(Cl)ccc2c2c1I=C(Cl)C=C2. The lowest BCUT2D eigenvalue weighted by atomic mass is 10.1. The van der Waals surface area contributed by atoms with Crippen LogP contribution in [0.1, 0.15) is 5.56 Å². The standard InChI is InChI=1S/C12H6Cl2INO/c13-10-3-1-7-6-2-4-11(14)16-8(6)5-9(17)12(7)15-10/h1-5,17H. The lowest BCUT2D eigenvalue weighted by molar-refractivity contribution is 0.472. The highest BCUT2D eigenvalue weighted by molar-refractivity contribution is 14.2. The molecule has 2 heterocycles. The molecule has 1 aliphatic heterocycles. The van der Waals surface area contributed by atoms with Crippen molar-refractivity contribution in [1.29, 1.82) is 0 Å². The summed E-state index contributed by atoms with van der Waals surface area (Å²) in [5.74, 6) is 0.262. The molecule has 0 saturated carbocycles. The number of aromatic nitrogens is 1. The van der Waals surface area contributed by atoms with E-state index in [0.29, 0.717) is 10.7 Å². The molecule has 0 bridgehead atoms. The molecule has 17 heavy (non-hydrogen) atoms. The summed E-state index contributed by atoms with van der Waals surface area (Å²) in [4.78, 5) is 4.21. The van der Waals surface area contributed by atoms with E-state index in [9.17, 15) is 5.11 Å². The highest BCUT2D eigenvalue weighted by Crippen LogP contribution is 2.38. The van der Waals surface area contributed by atoms with Crippen molar-refractivity contribution >= 4 is 63.9 Å². The third-order valence-corrected chi connectivity index (χ3v) is 5.84. The highest BCUT2D eigenvalue weighted by atomic mass is 127. The second kappa shape index (κ2) is 4.23. The Bertz CT molecular complexity index is 694. The van der Waals surface area contributed by atoms with E-state index in [2.05, 4.69) is 4.98 Å². The molecule has 0 spiro atoms. The minimum Gasteiger partial charge on any atom is -0.507 e. The van der Waals surface area contributed by atoms with Gasteiger partial charge in [-0.2, -0.15) is 0 Å². The molecular formula is C12H6Cl2INO. The van der Waals surface area contributed by atoms with E-state index in [1.807, 2.05) is 18.2 Å². The summed E-state index contributed by atoms with van der Waals surface area (Å²) < 4.78 is 1.78. The maximum atomic E-state index is 10.0. The van der Waals surface area contributed by atoms with Crippen molar-refractivity contribution in [1.82, 2.24) is 4.98 Å². The monoisotopic (exact) mass is 377 g/mol. The van der Waals surface area contributed by atoms with Crippen LogP contribution in [0.15, 0.2) is 24.3 Å². The van der Waals surface area contributed by atoms with Gasteiger partial charge in [-0.05, 0) is 18.2 Å². The van der Waals surface area contributed by atoms with Crippen LogP contribution in [-0.4, -0.2) is 13.1 Å². The van der Waals surface area contributed by atoms with Gasteiger partial charge in [0.05, 0.1) is 12.1 Å². The number of nitrogens with zero attached hydrogens (tertiary/aromatic N) is 1. The maximum absolute atomic E-state index is 10.0. The maximum Gasteiger partial charge on any atom is 0.131 e. The Labute approximate surface area is 118 Å². The predicted octanol–water partition coefficient (Wildman–Crippen LogP) is 4.13. The summed E-state index contributed by atoms with van der Waals surface area (Å²) in [6.45, 7) is 0. The van der Waals surface area contributed by atoms with Crippen molar-refractivity contribution in [3.8, 4) is 5.75 Å². The fourth-order valence-corrected chi connectivity index (χ4v) is 4.53. The Balaban J connectivity index is 2.44. The Morgan fingerprint density at radius 3 is 2.82 bits per heavy atom. The normalized spacial score (nSPS) is 14.1. The first-order valence-corrected chi connectivity index (χ1v) is 7.74. The van der Waals surface area contributed by atoms with Crippen LogP contribution < -0.4 is 0 Å². The fraction of sp³-hybridized carbons (Fsp3) is 0. The first-order valence-electron chi connectivity index (χ1n) is 4.83. The molecule has 5 heteroatoms. The van der Waals surface area contributed by atoms with Gasteiger partial charge >= 0.3 is 0 Å². The van der Waals surface area contributed by atoms with Gasteiger partial charge in [-0.25, -0.2) is 4.98 Å². The van der Waals surface area contributed by atoms with Gasteiger partial charge in [-0.3, -0.25) is 0 Å². The minimum absolute atomic E-state index is 0.262. The molecule has 0 amide bonds. The average Bonchev–Trinajstić information content (AvgIpc) is 2.29. The fourth-order valence-electron chi connectivity index (χ4n) is 1.77. The van der Waals surface area contributed by atoms with E-state index in [0.717, 1.165) is 17.5 Å². The number of rotatable bonds is 0. The number of phenols is 1. The van der Waals surface area contributed by atoms with Crippen LogP contribution in [0.5, 0.6) is 5.75 Å². The van der Waals surface area contributed by atoms with Crippen LogP contribution in [0.2, 0.25) is 5.15 Å². The summed E-state index contributed by atoms with van der Waals surface area (Å²) >= 11 is 11.4. The van der Waals surface area contributed by atoms with E-state index in [4.69, 9.17) is 23.2 Å². The Hall–Kier alpha value is -0.650. The number of halogens is 3. The van der Waals surface area contributed by atoms with E-state index >= 15 is 0 Å². The van der Waals surface area contributed by atoms with Gasteiger partial charge < -0.3 is 5.11 Å². The van der Waals surface area contributed by atoms with Gasteiger partial charge in [0.25, 0.3) is 0 Å². The van der Waals surface area contributed by atoms with Crippen LogP contribution in [0.4, 0.5) is 0 Å². The van der Waals surface area contributed by atoms with Gasteiger partial charge in [0.15, 0.2) is 0 Å². The largest absolute Gasteiger partial charge is 0.507 e. The third kappa shape index (κ3) is 1.96. The first kappa shape index (κ1) is 11.4. The summed E-state index contributed by atoms with van der Waals surface area (Å²) in [6, 6.07) is 5.34. The van der Waals surface area contributed by atoms with E-state index in [1.54, 1.807) is 12.1 Å². The highest BCUT2D eigenvalue weighted by Gasteiger charge is 2.14. The van der Waals surface area contributed by atoms with Gasteiger partial charge in [0.2, 0.25) is 0 Å². The molecule has 1 aromatic carbocycles. The Morgan fingerprint density at radius 2 is 2.00 bits per heavy atom. The Morgan fingerprint density at radius 1 is 1.18 bits per heavy atom. The van der Waals surface area contributed by atoms with Crippen LogP contribution in [-0.2, 0) is 0 Å². The van der Waals surface area contributed by atoms with Crippen LogP contribution >= 0.6 is 43.9 Å². The van der Waals surface area contributed by atoms with Crippen LogP contribution in [0.3, 0.4) is 0 Å². The third-order valence-electron chi connectivity index (χ3n) is 2.48. The summed E-state index contributed by atoms with van der Waals surface area (Å²) in [6.07, 6.45) is 3.82. The first-order chi connectivity index (χ1) is 8.15. The summed E-state index contributed by atoms with van der Waals surface area (Å²) in [5, 5.41) is 11.4. The molecule has 1 N–H and O–H groups in total. The number of fused-ring (bicyclic) bond motifs is 3. The number of benzene rings is 1. The second-order valence-electron chi connectivity index (χ2n) is 3.54. The number of pyridine rings is 1. The lowest BCUT2D eigenvalue weighted by Crippen LogP contribution is -1.93. The number of aromatic hydroxyl groups is 1. The van der Waals surface area contributed by atoms with E-state index < -0.39 is 20.7 Å². The molecule has 1 aromatic heterocycles. The second-order valence-corrected chi connectivity index (χ2v) is 7.75. The molecule has 0 fully saturated rings. The zero-order valence-corrected chi connectivity index (χ0v) is 12.1. The van der Waals surface area contributed by atoms with Gasteiger partial charge in [0.1, 0.15) is 10.9 Å². The molecule has 1 aliphatic rings. The number of allylic oxidation sites excluding steroid dienone is 1. The van der Waals surface area contributed by atoms with Crippen molar-refractivity contribution in [3.05, 3.63) is 38.6 Å². The molecule has 86 valence electrons. The molecular weight excluding hydrogens is 372 g/mol. The molecule has 2 nitrogen and oxygen atoms in total. The zero-order chi connectivity index (χ0) is 12.0. The van der Waals surface area contributed by atoms with Crippen LogP contribution in [0.25, 0.3) is 17.0 Å². The van der Waals surface area contributed by atoms with Crippen molar-refractivity contribution in [2.45, 2.75) is 0 Å². The van der Waals surface area contributed by atoms with E-state index in [1.165, 1.54) is 0 Å². The molecule has 0 unspecified atom stereocenters. The van der Waals surface area contributed by atoms with Crippen molar-refractivity contribution in [2.75, 3.05) is 0 Å². The van der Waals surface area contributed by atoms with Crippen molar-refractivity contribution in [2.24, 2.45) is 0 Å². The average molecular weight is 378 g/mol. The van der Waals surface area contributed by atoms with E-state index in [-0.39, 0.29) is 5.75 Å². The number of hydrogen-bond donors (Lipinski definition) is 1. The van der Waals surface area contributed by atoms with Crippen molar-refractivity contribution in [3.63, 3.8) is 0 Å². The molecule has 3 rings (SSSR count). The molecule has 2 aromatic rings. The quantitative estimate of drug-likeness (QED) is 0.553. The number of hydrogen-bond acceptors (Lipinski definition) is 2. The molecule has 0 radical (unpaired) electrons. The predicted molar refractivity (Wildman–Crippen MR) is 81.0 cm³/mol. The number of phenolic OH excluding ortho intramolecular Hbond substituents is 1. The topological polar surface area (TPSA) is 33.1 Å². The zero-order valence-electron chi connectivity index (χ0n) is 8.42. The van der Waals surface area contributed by atoms with Gasteiger partial charge in [0, 0.05) is 17.0 Å².